The Balaban J connectivity index is 1.72. The number of hydrogen-bond donors (Lipinski definition) is 2. The molecule has 0 spiro atoms. The van der Waals surface area contributed by atoms with Gasteiger partial charge in [-0.3, -0.25) is 20.4 Å². The summed E-state index contributed by atoms with van der Waals surface area (Å²) in [6, 6.07) is 13.0. The van der Waals surface area contributed by atoms with Crippen LogP contribution >= 0.6 is 23.4 Å². The number of carbonyl (C=O) groups excluding carboxylic acids is 2. The van der Waals surface area contributed by atoms with Gasteiger partial charge in [0.15, 0.2) is 0 Å². The molecular formula is C16H14ClFN2O2S. The van der Waals surface area contributed by atoms with Crippen LogP contribution in [-0.4, -0.2) is 17.6 Å². The average Bonchev–Trinajstić information content (AvgIpc) is 2.54. The van der Waals surface area contributed by atoms with Crippen LogP contribution in [0.4, 0.5) is 4.39 Å². The maximum atomic E-state index is 13.4. The summed E-state index contributed by atoms with van der Waals surface area (Å²) in [5.74, 6) is -1.14. The second kappa shape index (κ2) is 8.55. The molecule has 4 nitrogen and oxygen atoms in total. The highest BCUT2D eigenvalue weighted by Crippen LogP contribution is 2.20. The van der Waals surface area contributed by atoms with Crippen molar-refractivity contribution in [2.24, 2.45) is 0 Å². The molecule has 0 fully saturated rings. The van der Waals surface area contributed by atoms with Crippen molar-refractivity contribution in [3.05, 3.63) is 64.9 Å². The Morgan fingerprint density at radius 3 is 2.35 bits per heavy atom. The zero-order valence-corrected chi connectivity index (χ0v) is 13.6. The molecule has 2 aromatic carbocycles. The molecule has 7 heteroatoms. The Labute approximate surface area is 142 Å². The molecule has 0 aliphatic heterocycles. The molecule has 0 bridgehead atoms. The van der Waals surface area contributed by atoms with Crippen molar-refractivity contribution < 1.29 is 14.0 Å². The van der Waals surface area contributed by atoms with E-state index in [-0.39, 0.29) is 23.9 Å². The molecule has 0 aliphatic carbocycles. The van der Waals surface area contributed by atoms with Crippen molar-refractivity contribution in [2.45, 2.75) is 11.3 Å². The summed E-state index contributed by atoms with van der Waals surface area (Å²) in [7, 11) is 0. The Hall–Kier alpha value is -2.05. The molecule has 0 aromatic heterocycles. The second-order valence-corrected chi connectivity index (χ2v) is 6.07. The third-order valence-electron chi connectivity index (χ3n) is 2.81. The molecule has 0 radical (unpaired) electrons. The van der Waals surface area contributed by atoms with Gasteiger partial charge in [0, 0.05) is 9.92 Å². The minimum atomic E-state index is -0.414. The third kappa shape index (κ3) is 5.92. The first-order valence-electron chi connectivity index (χ1n) is 6.74. The van der Waals surface area contributed by atoms with E-state index >= 15 is 0 Å². The van der Waals surface area contributed by atoms with Crippen LogP contribution in [-0.2, 0) is 16.0 Å². The van der Waals surface area contributed by atoms with E-state index in [1.165, 1.54) is 6.07 Å². The smallest absolute Gasteiger partial charge is 0.248 e. The van der Waals surface area contributed by atoms with Gasteiger partial charge in [-0.15, -0.1) is 11.8 Å². The summed E-state index contributed by atoms with van der Waals surface area (Å²) in [6.45, 7) is 0. The maximum Gasteiger partial charge on any atom is 0.248 e. The minimum Gasteiger partial charge on any atom is -0.273 e. The van der Waals surface area contributed by atoms with E-state index in [2.05, 4.69) is 10.9 Å². The lowest BCUT2D eigenvalue weighted by Crippen LogP contribution is -2.43. The summed E-state index contributed by atoms with van der Waals surface area (Å²) in [5, 5.41) is 0.590. The van der Waals surface area contributed by atoms with Crippen molar-refractivity contribution in [1.82, 2.24) is 10.9 Å². The van der Waals surface area contributed by atoms with E-state index in [1.807, 2.05) is 0 Å². The van der Waals surface area contributed by atoms with E-state index in [4.69, 9.17) is 11.6 Å². The molecule has 0 aliphatic rings. The first kappa shape index (κ1) is 17.3. The van der Waals surface area contributed by atoms with Crippen molar-refractivity contribution in [2.75, 3.05) is 5.75 Å². The number of carbonyl (C=O) groups is 2. The number of amides is 2. The number of benzene rings is 2. The van der Waals surface area contributed by atoms with Gasteiger partial charge in [-0.2, -0.15) is 0 Å². The average molecular weight is 353 g/mol. The van der Waals surface area contributed by atoms with Gasteiger partial charge in [-0.05, 0) is 29.8 Å². The highest BCUT2D eigenvalue weighted by molar-refractivity contribution is 8.00. The summed E-state index contributed by atoms with van der Waals surface area (Å²) < 4.78 is 13.4. The van der Waals surface area contributed by atoms with Crippen molar-refractivity contribution in [3.63, 3.8) is 0 Å². The van der Waals surface area contributed by atoms with Gasteiger partial charge >= 0.3 is 0 Å². The van der Waals surface area contributed by atoms with Gasteiger partial charge in [0.05, 0.1) is 12.2 Å². The summed E-state index contributed by atoms with van der Waals surface area (Å²) in [4.78, 5) is 23.7. The van der Waals surface area contributed by atoms with E-state index in [0.717, 1.165) is 17.3 Å². The zero-order chi connectivity index (χ0) is 16.7. The van der Waals surface area contributed by atoms with Crippen LogP contribution in [0.2, 0.25) is 5.02 Å². The van der Waals surface area contributed by atoms with Crippen LogP contribution in [0, 0.1) is 5.82 Å². The predicted molar refractivity (Wildman–Crippen MR) is 88.6 cm³/mol. The molecule has 120 valence electrons. The van der Waals surface area contributed by atoms with Crippen molar-refractivity contribution in [3.8, 4) is 0 Å². The molecule has 0 unspecified atom stereocenters. The van der Waals surface area contributed by atoms with Gasteiger partial charge < -0.3 is 0 Å². The molecule has 23 heavy (non-hydrogen) atoms. The Bertz CT molecular complexity index is 695. The zero-order valence-electron chi connectivity index (χ0n) is 12.0. The monoisotopic (exact) mass is 352 g/mol. The number of thioether (sulfide) groups is 1. The molecule has 2 N–H and O–H groups in total. The second-order valence-electron chi connectivity index (χ2n) is 4.62. The topological polar surface area (TPSA) is 58.2 Å². The SMILES string of the molecule is O=C(CSc1ccccc1F)NNC(=O)Cc1ccc(Cl)cc1. The molecule has 2 aromatic rings. The van der Waals surface area contributed by atoms with Gasteiger partial charge in [-0.25, -0.2) is 4.39 Å². The Kier molecular flexibility index (Phi) is 6.43. The normalized spacial score (nSPS) is 10.2. The Morgan fingerprint density at radius 2 is 1.65 bits per heavy atom. The lowest BCUT2D eigenvalue weighted by molar-refractivity contribution is -0.127. The molecule has 0 saturated heterocycles. The number of hydrazine groups is 1. The van der Waals surface area contributed by atoms with E-state index in [1.54, 1.807) is 42.5 Å². The van der Waals surface area contributed by atoms with E-state index < -0.39 is 5.91 Å². The molecular weight excluding hydrogens is 339 g/mol. The standard InChI is InChI=1S/C16H14ClFN2O2S/c17-12-7-5-11(6-8-12)9-15(21)19-20-16(22)10-23-14-4-2-1-3-13(14)18/h1-8H,9-10H2,(H,19,21)(H,20,22). The largest absolute Gasteiger partial charge is 0.273 e. The molecule has 2 rings (SSSR count). The minimum absolute atomic E-state index is 0.00214. The van der Waals surface area contributed by atoms with Gasteiger partial charge in [0.25, 0.3) is 0 Å². The number of nitrogens with one attached hydrogen (secondary N) is 2. The van der Waals surface area contributed by atoms with Gasteiger partial charge in [0.2, 0.25) is 11.8 Å². The summed E-state index contributed by atoms with van der Waals surface area (Å²) in [5.41, 5.74) is 5.39. The highest BCUT2D eigenvalue weighted by Gasteiger charge is 2.08. The van der Waals surface area contributed by atoms with Crippen molar-refractivity contribution >= 4 is 35.2 Å². The maximum absolute atomic E-state index is 13.4. The summed E-state index contributed by atoms with van der Waals surface area (Å²) in [6.07, 6.45) is 0.123. The van der Waals surface area contributed by atoms with Crippen molar-refractivity contribution in [1.29, 1.82) is 0 Å². The first-order valence-corrected chi connectivity index (χ1v) is 8.10. The fourth-order valence-electron chi connectivity index (χ4n) is 1.71. The molecule has 0 saturated carbocycles. The van der Waals surface area contributed by atoms with Gasteiger partial charge in [-0.1, -0.05) is 35.9 Å². The predicted octanol–water partition coefficient (Wildman–Crippen LogP) is 2.96. The van der Waals surface area contributed by atoms with Crippen LogP contribution in [0.5, 0.6) is 0 Å². The first-order chi connectivity index (χ1) is 11.0. The molecule has 0 atom stereocenters. The van der Waals surface area contributed by atoms with E-state index in [9.17, 15) is 14.0 Å². The summed E-state index contributed by atoms with van der Waals surface area (Å²) >= 11 is 6.82. The fourth-order valence-corrected chi connectivity index (χ4v) is 2.58. The number of rotatable bonds is 5. The molecule has 0 heterocycles. The quantitative estimate of drug-likeness (QED) is 0.642. The lowest BCUT2D eigenvalue weighted by Gasteiger charge is -2.08. The van der Waals surface area contributed by atoms with Gasteiger partial charge in [0.1, 0.15) is 5.82 Å². The third-order valence-corrected chi connectivity index (χ3v) is 4.12. The van der Waals surface area contributed by atoms with E-state index in [0.29, 0.717) is 9.92 Å². The van der Waals surface area contributed by atoms with Crippen LogP contribution in [0.3, 0.4) is 0 Å². The molecule has 2 amide bonds. The highest BCUT2D eigenvalue weighted by atomic mass is 35.5. The fraction of sp³-hybridized carbons (Fsp3) is 0.125. The van der Waals surface area contributed by atoms with Crippen LogP contribution < -0.4 is 10.9 Å². The van der Waals surface area contributed by atoms with Crippen LogP contribution in [0.1, 0.15) is 5.56 Å². The lowest BCUT2D eigenvalue weighted by atomic mass is 10.1. The van der Waals surface area contributed by atoms with Crippen LogP contribution in [0.15, 0.2) is 53.4 Å². The van der Waals surface area contributed by atoms with Crippen LogP contribution in [0.25, 0.3) is 0 Å². The Morgan fingerprint density at radius 1 is 1.00 bits per heavy atom. The number of hydrogen-bond acceptors (Lipinski definition) is 3. The number of halogens is 2.